The third-order valence-corrected chi connectivity index (χ3v) is 3.39. The molecule has 1 fully saturated rings. The zero-order valence-corrected chi connectivity index (χ0v) is 11.7. The van der Waals surface area contributed by atoms with E-state index in [4.69, 9.17) is 0 Å². The lowest BCUT2D eigenvalue weighted by Gasteiger charge is -2.11. The molecule has 2 aromatic rings. The number of alkyl halides is 3. The molecule has 1 nitrogen and oxygen atoms in total. The molecule has 0 N–H and O–H groups in total. The van der Waals surface area contributed by atoms with E-state index in [1.54, 1.807) is 12.1 Å². The number of hydrogen-bond acceptors (Lipinski definition) is 1. The minimum Gasteiger partial charge on any atom is -0.241 e. The van der Waals surface area contributed by atoms with E-state index in [0.717, 1.165) is 29.5 Å². The van der Waals surface area contributed by atoms with Crippen molar-refractivity contribution in [2.24, 2.45) is 4.99 Å². The van der Waals surface area contributed by atoms with Crippen LogP contribution < -0.4 is 0 Å². The number of para-hydroxylation sites is 1. The minimum absolute atomic E-state index is 0.290. The quantitative estimate of drug-likeness (QED) is 0.671. The van der Waals surface area contributed by atoms with Crippen molar-refractivity contribution in [1.29, 1.82) is 0 Å². The summed E-state index contributed by atoms with van der Waals surface area (Å²) in [4.78, 5) is 3.52. The second-order valence-electron chi connectivity index (χ2n) is 5.08. The summed E-state index contributed by atoms with van der Waals surface area (Å²) in [6.45, 7) is 0. The van der Waals surface area contributed by atoms with Crippen LogP contribution in [-0.2, 0) is 0 Å². The summed E-state index contributed by atoms with van der Waals surface area (Å²) < 4.78 is 37.1. The molecule has 0 aromatic heterocycles. The SMILES string of the molecule is FC(F)(F)[C]=Nc1ccccc1C(=C1CC1)c1ccccc1. The molecule has 3 rings (SSSR count). The van der Waals surface area contributed by atoms with Crippen LogP contribution in [0.1, 0.15) is 24.0 Å². The maximum absolute atomic E-state index is 12.4. The molecule has 22 heavy (non-hydrogen) atoms. The van der Waals surface area contributed by atoms with Gasteiger partial charge in [0.05, 0.1) is 5.69 Å². The van der Waals surface area contributed by atoms with Gasteiger partial charge in [0.25, 0.3) is 0 Å². The maximum atomic E-state index is 12.4. The van der Waals surface area contributed by atoms with E-state index in [1.165, 1.54) is 11.8 Å². The third kappa shape index (κ3) is 3.45. The molecule has 111 valence electrons. The van der Waals surface area contributed by atoms with Crippen LogP contribution in [0.25, 0.3) is 5.57 Å². The summed E-state index contributed by atoms with van der Waals surface area (Å²) in [5.74, 6) is 0. The van der Waals surface area contributed by atoms with E-state index >= 15 is 0 Å². The Kier molecular flexibility index (Phi) is 3.84. The highest BCUT2D eigenvalue weighted by Gasteiger charge is 2.26. The lowest BCUT2D eigenvalue weighted by atomic mass is 9.95. The number of rotatable bonds is 3. The maximum Gasteiger partial charge on any atom is 0.435 e. The molecule has 0 unspecified atom stereocenters. The lowest BCUT2D eigenvalue weighted by Crippen LogP contribution is -2.08. The molecule has 0 heterocycles. The Morgan fingerprint density at radius 1 is 0.909 bits per heavy atom. The molecule has 0 spiro atoms. The third-order valence-electron chi connectivity index (χ3n) is 3.39. The van der Waals surface area contributed by atoms with Crippen LogP contribution in [0.5, 0.6) is 0 Å². The topological polar surface area (TPSA) is 12.4 Å². The number of halogens is 3. The van der Waals surface area contributed by atoms with Gasteiger partial charge in [-0.2, -0.15) is 13.2 Å². The number of nitrogens with zero attached hydrogens (tertiary/aromatic N) is 1. The largest absolute Gasteiger partial charge is 0.435 e. The number of allylic oxidation sites excluding steroid dienone is 1. The summed E-state index contributed by atoms with van der Waals surface area (Å²) in [6, 6.07) is 16.6. The van der Waals surface area contributed by atoms with Gasteiger partial charge in [-0.3, -0.25) is 0 Å². The van der Waals surface area contributed by atoms with Crippen molar-refractivity contribution in [3.05, 3.63) is 71.3 Å². The lowest BCUT2D eigenvalue weighted by molar-refractivity contribution is -0.0535. The van der Waals surface area contributed by atoms with Crippen LogP contribution in [0, 0.1) is 0 Å². The first-order chi connectivity index (χ1) is 10.5. The van der Waals surface area contributed by atoms with Gasteiger partial charge in [-0.25, -0.2) is 4.99 Å². The summed E-state index contributed by atoms with van der Waals surface area (Å²) in [5, 5.41) is 0. The molecule has 1 saturated carbocycles. The van der Waals surface area contributed by atoms with Gasteiger partial charge >= 0.3 is 6.18 Å². The smallest absolute Gasteiger partial charge is 0.241 e. The fourth-order valence-electron chi connectivity index (χ4n) is 2.37. The molecule has 0 amide bonds. The van der Waals surface area contributed by atoms with Gasteiger partial charge < -0.3 is 0 Å². The van der Waals surface area contributed by atoms with E-state index in [-0.39, 0.29) is 5.69 Å². The van der Waals surface area contributed by atoms with Crippen LogP contribution in [0.15, 0.2) is 65.2 Å². The Morgan fingerprint density at radius 3 is 2.18 bits per heavy atom. The second-order valence-corrected chi connectivity index (χ2v) is 5.08. The molecule has 1 aliphatic rings. The van der Waals surface area contributed by atoms with Gasteiger partial charge in [0.1, 0.15) is 0 Å². The standard InChI is InChI=1S/C18H13F3N/c19-18(20,21)12-22-16-9-5-4-8-15(16)17(14-10-11-14)13-6-2-1-3-7-13/h1-9H,10-11H2. The van der Waals surface area contributed by atoms with Gasteiger partial charge in [-0.15, -0.1) is 0 Å². The monoisotopic (exact) mass is 300 g/mol. The van der Waals surface area contributed by atoms with Crippen molar-refractivity contribution in [2.75, 3.05) is 0 Å². The molecule has 1 aliphatic carbocycles. The highest BCUT2D eigenvalue weighted by molar-refractivity contribution is 5.89. The molecular weight excluding hydrogens is 287 g/mol. The van der Waals surface area contributed by atoms with Crippen molar-refractivity contribution in [2.45, 2.75) is 19.0 Å². The van der Waals surface area contributed by atoms with Gasteiger partial charge in [0.2, 0.25) is 0 Å². The van der Waals surface area contributed by atoms with Gasteiger partial charge in [-0.1, -0.05) is 54.1 Å². The van der Waals surface area contributed by atoms with E-state index < -0.39 is 6.18 Å². The van der Waals surface area contributed by atoms with Crippen molar-refractivity contribution < 1.29 is 13.2 Å². The molecule has 0 saturated heterocycles. The first kappa shape index (κ1) is 14.6. The summed E-state index contributed by atoms with van der Waals surface area (Å²) in [5.41, 5.74) is 4.26. The molecular formula is C18H13F3N. The Labute approximate surface area is 126 Å². The summed E-state index contributed by atoms with van der Waals surface area (Å²) in [7, 11) is 0. The van der Waals surface area contributed by atoms with Crippen LogP contribution in [0.4, 0.5) is 18.9 Å². The number of aliphatic imine (C=N–C) groups is 1. The van der Waals surface area contributed by atoms with E-state index in [0.29, 0.717) is 0 Å². The predicted octanol–water partition coefficient (Wildman–Crippen LogP) is 5.42. The van der Waals surface area contributed by atoms with Crippen LogP contribution in [0.3, 0.4) is 0 Å². The van der Waals surface area contributed by atoms with E-state index in [9.17, 15) is 13.2 Å². The Bertz CT molecular complexity index is 721. The molecule has 1 radical (unpaired) electrons. The summed E-state index contributed by atoms with van der Waals surface area (Å²) >= 11 is 0. The van der Waals surface area contributed by atoms with Crippen molar-refractivity contribution in [3.63, 3.8) is 0 Å². The predicted molar refractivity (Wildman–Crippen MR) is 81.3 cm³/mol. The van der Waals surface area contributed by atoms with Crippen molar-refractivity contribution in [1.82, 2.24) is 0 Å². The fraction of sp³-hybridized carbons (Fsp3) is 0.167. The molecule has 0 atom stereocenters. The second kappa shape index (κ2) is 5.79. The van der Waals surface area contributed by atoms with E-state index in [2.05, 4.69) is 4.99 Å². The van der Waals surface area contributed by atoms with Crippen LogP contribution >= 0.6 is 0 Å². The highest BCUT2D eigenvalue weighted by Crippen LogP contribution is 2.42. The summed E-state index contributed by atoms with van der Waals surface area (Å²) in [6.07, 6.45) is -1.33. The van der Waals surface area contributed by atoms with Crippen LogP contribution in [-0.4, -0.2) is 12.4 Å². The average molecular weight is 300 g/mol. The molecule has 2 aromatic carbocycles. The molecule has 0 bridgehead atoms. The molecule has 0 aliphatic heterocycles. The minimum atomic E-state index is -4.53. The number of benzene rings is 2. The van der Waals surface area contributed by atoms with E-state index in [1.807, 2.05) is 42.5 Å². The normalized spacial score (nSPS) is 14.4. The fourth-order valence-corrected chi connectivity index (χ4v) is 2.37. The Morgan fingerprint density at radius 2 is 1.55 bits per heavy atom. The van der Waals surface area contributed by atoms with Crippen molar-refractivity contribution in [3.8, 4) is 0 Å². The van der Waals surface area contributed by atoms with Gasteiger partial charge in [-0.05, 0) is 30.0 Å². The highest BCUT2D eigenvalue weighted by atomic mass is 19.4. The first-order valence-electron chi connectivity index (χ1n) is 6.96. The Balaban J connectivity index is 2.08. The molecule has 4 heteroatoms. The first-order valence-corrected chi connectivity index (χ1v) is 6.96. The Hall–Kier alpha value is -2.36. The average Bonchev–Trinajstić information content (AvgIpc) is 3.32. The van der Waals surface area contributed by atoms with Gasteiger partial charge in [0, 0.05) is 5.56 Å². The van der Waals surface area contributed by atoms with Crippen LogP contribution in [0.2, 0.25) is 0 Å². The number of hydrogen-bond donors (Lipinski definition) is 0. The zero-order valence-electron chi connectivity index (χ0n) is 11.7. The van der Waals surface area contributed by atoms with Gasteiger partial charge in [0.15, 0.2) is 6.21 Å². The van der Waals surface area contributed by atoms with Crippen molar-refractivity contribution >= 4 is 17.5 Å². The zero-order chi connectivity index (χ0) is 15.6.